The van der Waals surface area contributed by atoms with Crippen molar-refractivity contribution in [2.75, 3.05) is 6.54 Å². The van der Waals surface area contributed by atoms with Gasteiger partial charge in [0.15, 0.2) is 0 Å². The summed E-state index contributed by atoms with van der Waals surface area (Å²) >= 11 is 0. The number of carbonyl (C=O) groups excluding carboxylic acids is 1. The maximum atomic E-state index is 12.7. The number of nitrogens with zero attached hydrogens (tertiary/aromatic N) is 1. The molecule has 0 bridgehead atoms. The molecule has 0 aliphatic carbocycles. The summed E-state index contributed by atoms with van der Waals surface area (Å²) in [7, 11) is 0. The predicted octanol–water partition coefficient (Wildman–Crippen LogP) is 4.71. The molecule has 1 atom stereocenters. The Bertz CT molecular complexity index is 663. The van der Waals surface area contributed by atoms with Crippen molar-refractivity contribution in [3.63, 3.8) is 0 Å². The lowest BCUT2D eigenvalue weighted by Gasteiger charge is -2.35. The molecule has 1 aliphatic rings. The zero-order valence-corrected chi connectivity index (χ0v) is 14.1. The van der Waals surface area contributed by atoms with E-state index in [9.17, 15) is 4.79 Å². The van der Waals surface area contributed by atoms with Crippen LogP contribution in [0.1, 0.15) is 36.8 Å². The normalized spacial score (nSPS) is 18.0. The molecular weight excluding hydrogens is 294 g/mol. The molecule has 1 aliphatic heterocycles. The minimum Gasteiger partial charge on any atom is -0.339 e. The average Bonchev–Trinajstić information content (AvgIpc) is 2.64. The average molecular weight is 319 g/mol. The molecule has 0 spiro atoms. The van der Waals surface area contributed by atoms with Crippen molar-refractivity contribution >= 4 is 12.0 Å². The molecule has 24 heavy (non-hydrogen) atoms. The highest BCUT2D eigenvalue weighted by molar-refractivity contribution is 5.79. The van der Waals surface area contributed by atoms with E-state index in [1.807, 2.05) is 36.4 Å². The topological polar surface area (TPSA) is 20.3 Å². The summed E-state index contributed by atoms with van der Waals surface area (Å²) in [6.07, 6.45) is 9.29. The minimum atomic E-state index is 0.263. The van der Waals surface area contributed by atoms with Crippen LogP contribution in [0.15, 0.2) is 66.7 Å². The molecule has 2 aromatic carbocycles. The molecule has 2 nitrogen and oxygen atoms in total. The van der Waals surface area contributed by atoms with E-state index < -0.39 is 0 Å². The maximum absolute atomic E-state index is 12.7. The van der Waals surface area contributed by atoms with Crippen LogP contribution in [0.4, 0.5) is 0 Å². The van der Waals surface area contributed by atoms with E-state index in [0.717, 1.165) is 31.4 Å². The van der Waals surface area contributed by atoms with Gasteiger partial charge in [-0.25, -0.2) is 0 Å². The van der Waals surface area contributed by atoms with Gasteiger partial charge in [-0.1, -0.05) is 72.8 Å². The van der Waals surface area contributed by atoms with Crippen LogP contribution in [-0.2, 0) is 11.2 Å². The second-order valence-corrected chi connectivity index (χ2v) is 6.45. The van der Waals surface area contributed by atoms with Gasteiger partial charge in [0.05, 0.1) is 6.42 Å². The number of likely N-dealkylation sites (tertiary alicyclic amines) is 1. The smallest absolute Gasteiger partial charge is 0.227 e. The van der Waals surface area contributed by atoms with Crippen LogP contribution >= 0.6 is 0 Å². The molecule has 0 radical (unpaired) electrons. The summed E-state index contributed by atoms with van der Waals surface area (Å²) < 4.78 is 0. The zero-order valence-electron chi connectivity index (χ0n) is 14.1. The van der Waals surface area contributed by atoms with Crippen LogP contribution in [0, 0.1) is 0 Å². The van der Waals surface area contributed by atoms with Crippen molar-refractivity contribution in [2.45, 2.75) is 38.1 Å². The molecule has 124 valence electrons. The Morgan fingerprint density at radius 3 is 2.46 bits per heavy atom. The second kappa shape index (κ2) is 8.49. The van der Waals surface area contributed by atoms with Crippen LogP contribution in [0.3, 0.4) is 0 Å². The molecule has 3 rings (SSSR count). The summed E-state index contributed by atoms with van der Waals surface area (Å²) in [6, 6.07) is 20.7. The number of amides is 1. The number of benzene rings is 2. The van der Waals surface area contributed by atoms with Gasteiger partial charge in [-0.05, 0) is 36.8 Å². The molecular formula is C22H25NO. The Morgan fingerprint density at radius 1 is 1.00 bits per heavy atom. The van der Waals surface area contributed by atoms with Gasteiger partial charge < -0.3 is 4.90 Å². The Morgan fingerprint density at radius 2 is 1.71 bits per heavy atom. The molecule has 1 amide bonds. The fraction of sp³-hybridized carbons (Fsp3) is 0.318. The van der Waals surface area contributed by atoms with E-state index in [2.05, 4.69) is 41.3 Å². The minimum absolute atomic E-state index is 0.263. The fourth-order valence-corrected chi connectivity index (χ4v) is 3.37. The predicted molar refractivity (Wildman–Crippen MR) is 99.6 cm³/mol. The highest BCUT2D eigenvalue weighted by atomic mass is 16.2. The van der Waals surface area contributed by atoms with Crippen molar-refractivity contribution in [1.29, 1.82) is 0 Å². The van der Waals surface area contributed by atoms with Gasteiger partial charge in [-0.2, -0.15) is 0 Å². The van der Waals surface area contributed by atoms with Gasteiger partial charge in [0.2, 0.25) is 5.91 Å². The third kappa shape index (κ3) is 4.58. The van der Waals surface area contributed by atoms with E-state index in [1.54, 1.807) is 0 Å². The first kappa shape index (κ1) is 16.5. The number of hydrogen-bond acceptors (Lipinski definition) is 1. The van der Waals surface area contributed by atoms with E-state index in [0.29, 0.717) is 12.5 Å². The molecule has 1 saturated heterocycles. The third-order valence-corrected chi connectivity index (χ3v) is 4.66. The van der Waals surface area contributed by atoms with E-state index >= 15 is 0 Å². The van der Waals surface area contributed by atoms with Gasteiger partial charge in [0, 0.05) is 12.6 Å². The monoisotopic (exact) mass is 319 g/mol. The Kier molecular flexibility index (Phi) is 5.84. The van der Waals surface area contributed by atoms with Crippen molar-refractivity contribution in [3.05, 3.63) is 77.9 Å². The summed E-state index contributed by atoms with van der Waals surface area (Å²) in [5, 5.41) is 0. The zero-order chi connectivity index (χ0) is 16.6. The standard InChI is InChI=1S/C22H25NO/c24-22(18-20-12-5-2-6-13-20)23-17-8-7-15-21(23)16-9-14-19-10-3-1-4-11-19/h1-6,9-14,21H,7-8,15-18H2/b14-9+. The third-order valence-electron chi connectivity index (χ3n) is 4.66. The molecule has 2 aromatic rings. The SMILES string of the molecule is O=C(Cc1ccccc1)N1CCCCC1C/C=C/c1ccccc1. The maximum Gasteiger partial charge on any atom is 0.227 e. The van der Waals surface area contributed by atoms with Crippen LogP contribution in [0.2, 0.25) is 0 Å². The van der Waals surface area contributed by atoms with Crippen molar-refractivity contribution in [2.24, 2.45) is 0 Å². The summed E-state index contributed by atoms with van der Waals surface area (Å²) in [5.74, 6) is 0.263. The van der Waals surface area contributed by atoms with Crippen molar-refractivity contribution < 1.29 is 4.79 Å². The molecule has 0 aromatic heterocycles. The van der Waals surface area contributed by atoms with Crippen LogP contribution < -0.4 is 0 Å². The van der Waals surface area contributed by atoms with Crippen molar-refractivity contribution in [1.82, 2.24) is 4.90 Å². The fourth-order valence-electron chi connectivity index (χ4n) is 3.37. The molecule has 0 N–H and O–H groups in total. The molecule has 2 heteroatoms. The molecule has 1 heterocycles. The quantitative estimate of drug-likeness (QED) is 0.781. The number of rotatable bonds is 5. The highest BCUT2D eigenvalue weighted by Gasteiger charge is 2.25. The number of piperidine rings is 1. The number of hydrogen-bond donors (Lipinski definition) is 0. The number of carbonyl (C=O) groups is 1. The highest BCUT2D eigenvalue weighted by Crippen LogP contribution is 2.21. The summed E-state index contributed by atoms with van der Waals surface area (Å²) in [6.45, 7) is 0.898. The molecule has 1 fully saturated rings. The Labute approximate surface area is 144 Å². The van der Waals surface area contributed by atoms with E-state index in [-0.39, 0.29) is 5.91 Å². The van der Waals surface area contributed by atoms with Gasteiger partial charge in [0.1, 0.15) is 0 Å². The van der Waals surface area contributed by atoms with Gasteiger partial charge in [-0.3, -0.25) is 4.79 Å². The van der Waals surface area contributed by atoms with Gasteiger partial charge >= 0.3 is 0 Å². The molecule has 0 saturated carbocycles. The lowest BCUT2D eigenvalue weighted by atomic mass is 9.97. The first-order chi connectivity index (χ1) is 11.8. The van der Waals surface area contributed by atoms with E-state index in [1.165, 1.54) is 12.0 Å². The van der Waals surface area contributed by atoms with Crippen LogP contribution in [0.5, 0.6) is 0 Å². The van der Waals surface area contributed by atoms with Crippen LogP contribution in [-0.4, -0.2) is 23.4 Å². The second-order valence-electron chi connectivity index (χ2n) is 6.45. The largest absolute Gasteiger partial charge is 0.339 e. The lowest BCUT2D eigenvalue weighted by molar-refractivity contribution is -0.134. The molecule has 1 unspecified atom stereocenters. The summed E-state index contributed by atoms with van der Waals surface area (Å²) in [5.41, 5.74) is 2.32. The lowest BCUT2D eigenvalue weighted by Crippen LogP contribution is -2.44. The van der Waals surface area contributed by atoms with Gasteiger partial charge in [0.25, 0.3) is 0 Å². The Hall–Kier alpha value is -2.35. The Balaban J connectivity index is 1.60. The first-order valence-corrected chi connectivity index (χ1v) is 8.88. The van der Waals surface area contributed by atoms with Crippen molar-refractivity contribution in [3.8, 4) is 0 Å². The van der Waals surface area contributed by atoms with E-state index in [4.69, 9.17) is 0 Å². The summed E-state index contributed by atoms with van der Waals surface area (Å²) in [4.78, 5) is 14.8. The van der Waals surface area contributed by atoms with Gasteiger partial charge in [-0.15, -0.1) is 0 Å². The van der Waals surface area contributed by atoms with Crippen LogP contribution in [0.25, 0.3) is 6.08 Å². The first-order valence-electron chi connectivity index (χ1n) is 8.88.